The lowest BCUT2D eigenvalue weighted by atomic mass is 9.83. The second-order valence-electron chi connectivity index (χ2n) is 4.61. The molecular weight excluding hydrogens is 236 g/mol. The number of ketones is 2. The number of carbonyl (C=O) groups is 3. The van der Waals surface area contributed by atoms with Crippen molar-refractivity contribution >= 4 is 17.5 Å². The monoisotopic (exact) mass is 254 g/mol. The molecule has 0 radical (unpaired) electrons. The maximum absolute atomic E-state index is 11.8. The van der Waals surface area contributed by atoms with Crippen molar-refractivity contribution in [3.8, 4) is 0 Å². The van der Waals surface area contributed by atoms with Crippen LogP contribution in [-0.4, -0.2) is 28.7 Å². The number of allylic oxidation sites excluding steroid dienone is 2. The summed E-state index contributed by atoms with van der Waals surface area (Å²) in [4.78, 5) is 35.2. The first-order valence-electron chi connectivity index (χ1n) is 6.05. The first kappa shape index (κ1) is 14.4. The van der Waals surface area contributed by atoms with Gasteiger partial charge >= 0.3 is 5.97 Å². The average Bonchev–Trinajstić information content (AvgIpc) is 2.26. The maximum atomic E-state index is 11.8. The van der Waals surface area contributed by atoms with E-state index in [1.807, 2.05) is 0 Å². The molecule has 0 atom stereocenters. The van der Waals surface area contributed by atoms with E-state index in [0.29, 0.717) is 0 Å². The lowest BCUT2D eigenvalue weighted by Gasteiger charge is -2.22. The minimum Gasteiger partial charge on any atom is -0.511 e. The van der Waals surface area contributed by atoms with E-state index in [2.05, 4.69) is 0 Å². The molecule has 0 aliphatic heterocycles. The zero-order chi connectivity index (χ0) is 13.9. The summed E-state index contributed by atoms with van der Waals surface area (Å²) in [6, 6.07) is 0. The molecule has 5 nitrogen and oxygen atoms in total. The molecule has 0 aromatic heterocycles. The highest BCUT2D eigenvalue weighted by Gasteiger charge is 2.37. The van der Waals surface area contributed by atoms with Crippen LogP contribution in [-0.2, 0) is 19.1 Å². The highest BCUT2D eigenvalue weighted by Crippen LogP contribution is 2.26. The molecule has 0 amide bonds. The van der Waals surface area contributed by atoms with Gasteiger partial charge < -0.3 is 9.84 Å². The molecule has 5 heteroatoms. The van der Waals surface area contributed by atoms with Crippen molar-refractivity contribution < 1.29 is 24.2 Å². The smallest absolute Gasteiger partial charge is 0.310 e. The van der Waals surface area contributed by atoms with Crippen molar-refractivity contribution in [3.05, 3.63) is 11.3 Å². The number of esters is 1. The summed E-state index contributed by atoms with van der Waals surface area (Å²) >= 11 is 0. The lowest BCUT2D eigenvalue weighted by molar-refractivity contribution is -0.155. The molecule has 0 aromatic rings. The maximum Gasteiger partial charge on any atom is 0.310 e. The number of Topliss-reactive ketones (excluding diaryl/α,β-unsaturated/α-hetero) is 2. The Hall–Kier alpha value is -1.65. The molecule has 0 unspecified atom stereocenters. The predicted molar refractivity (Wildman–Crippen MR) is 63.9 cm³/mol. The Kier molecular flexibility index (Phi) is 4.64. The SMILES string of the molecule is CCC(O)=C1C(=O)CC(C(=O)OC(C)C)CC1=O. The number of rotatable bonds is 3. The third-order valence-electron chi connectivity index (χ3n) is 2.73. The number of hydrogen-bond donors (Lipinski definition) is 1. The van der Waals surface area contributed by atoms with Crippen molar-refractivity contribution in [3.63, 3.8) is 0 Å². The zero-order valence-electron chi connectivity index (χ0n) is 10.9. The van der Waals surface area contributed by atoms with E-state index in [9.17, 15) is 19.5 Å². The second kappa shape index (κ2) is 5.80. The molecule has 0 spiro atoms. The van der Waals surface area contributed by atoms with Crippen LogP contribution in [0.5, 0.6) is 0 Å². The minimum absolute atomic E-state index is 0.0727. The third-order valence-corrected chi connectivity index (χ3v) is 2.73. The normalized spacial score (nSPS) is 20.2. The molecule has 0 heterocycles. The summed E-state index contributed by atoms with van der Waals surface area (Å²) in [5.41, 5.74) is -0.147. The second-order valence-corrected chi connectivity index (χ2v) is 4.61. The van der Waals surface area contributed by atoms with Crippen LogP contribution >= 0.6 is 0 Å². The Bertz CT molecular complexity index is 386. The Balaban J connectivity index is 2.83. The topological polar surface area (TPSA) is 80.7 Å². The Morgan fingerprint density at radius 2 is 1.83 bits per heavy atom. The van der Waals surface area contributed by atoms with Crippen LogP contribution in [0.2, 0.25) is 0 Å². The predicted octanol–water partition coefficient (Wildman–Crippen LogP) is 1.71. The Morgan fingerprint density at radius 1 is 1.33 bits per heavy atom. The number of aliphatic hydroxyl groups excluding tert-OH is 1. The number of hydrogen-bond acceptors (Lipinski definition) is 5. The fraction of sp³-hybridized carbons (Fsp3) is 0.615. The van der Waals surface area contributed by atoms with Crippen molar-refractivity contribution in [1.82, 2.24) is 0 Å². The van der Waals surface area contributed by atoms with Crippen molar-refractivity contribution in [1.29, 1.82) is 0 Å². The summed E-state index contributed by atoms with van der Waals surface area (Å²) in [5, 5.41) is 9.52. The van der Waals surface area contributed by atoms with Gasteiger partial charge in [-0.25, -0.2) is 0 Å². The highest BCUT2D eigenvalue weighted by molar-refractivity contribution is 6.23. The molecule has 1 saturated carbocycles. The lowest BCUT2D eigenvalue weighted by Crippen LogP contribution is -2.33. The van der Waals surface area contributed by atoms with Gasteiger partial charge in [0.15, 0.2) is 11.6 Å². The molecule has 18 heavy (non-hydrogen) atoms. The van der Waals surface area contributed by atoms with Gasteiger partial charge in [0.1, 0.15) is 5.76 Å². The fourth-order valence-corrected chi connectivity index (χ4v) is 1.87. The summed E-state index contributed by atoms with van der Waals surface area (Å²) in [7, 11) is 0. The molecule has 0 saturated heterocycles. The van der Waals surface area contributed by atoms with Gasteiger partial charge in [-0.2, -0.15) is 0 Å². The van der Waals surface area contributed by atoms with Gasteiger partial charge in [-0.15, -0.1) is 0 Å². The molecule has 1 fully saturated rings. The molecule has 0 aromatic carbocycles. The van der Waals surface area contributed by atoms with Gasteiger partial charge in [0.2, 0.25) is 0 Å². The molecule has 100 valence electrons. The van der Waals surface area contributed by atoms with Crippen LogP contribution in [0, 0.1) is 5.92 Å². The van der Waals surface area contributed by atoms with E-state index in [4.69, 9.17) is 4.74 Å². The van der Waals surface area contributed by atoms with Crippen LogP contribution in [0.25, 0.3) is 0 Å². The summed E-state index contributed by atoms with van der Waals surface area (Å²) < 4.78 is 4.99. The molecule has 1 N–H and O–H groups in total. The molecular formula is C13H18O5. The first-order valence-corrected chi connectivity index (χ1v) is 6.05. The molecule has 0 bridgehead atoms. The average molecular weight is 254 g/mol. The van der Waals surface area contributed by atoms with Gasteiger partial charge in [0.05, 0.1) is 17.6 Å². The fourth-order valence-electron chi connectivity index (χ4n) is 1.87. The third kappa shape index (κ3) is 3.18. The van der Waals surface area contributed by atoms with E-state index in [-0.39, 0.29) is 36.7 Å². The van der Waals surface area contributed by atoms with Crippen LogP contribution in [0.1, 0.15) is 40.0 Å². The number of carbonyl (C=O) groups excluding carboxylic acids is 3. The Morgan fingerprint density at radius 3 is 2.22 bits per heavy atom. The van der Waals surface area contributed by atoms with Crippen LogP contribution in [0.3, 0.4) is 0 Å². The van der Waals surface area contributed by atoms with E-state index >= 15 is 0 Å². The minimum atomic E-state index is -0.721. The van der Waals surface area contributed by atoms with Crippen molar-refractivity contribution in [2.24, 2.45) is 5.92 Å². The van der Waals surface area contributed by atoms with Crippen LogP contribution < -0.4 is 0 Å². The molecule has 1 rings (SSSR count). The number of ether oxygens (including phenoxy) is 1. The summed E-state index contributed by atoms with van der Waals surface area (Å²) in [6.07, 6.45) is -0.190. The molecule has 1 aliphatic carbocycles. The van der Waals surface area contributed by atoms with Gasteiger partial charge in [0, 0.05) is 19.3 Å². The zero-order valence-corrected chi connectivity index (χ0v) is 10.9. The highest BCUT2D eigenvalue weighted by atomic mass is 16.5. The van der Waals surface area contributed by atoms with E-state index in [1.165, 1.54) is 0 Å². The number of aliphatic hydroxyl groups is 1. The van der Waals surface area contributed by atoms with Gasteiger partial charge in [-0.1, -0.05) is 6.92 Å². The van der Waals surface area contributed by atoms with E-state index in [1.54, 1.807) is 20.8 Å². The Labute approximate surface area is 106 Å². The first-order chi connectivity index (χ1) is 8.36. The molecule has 1 aliphatic rings. The van der Waals surface area contributed by atoms with E-state index < -0.39 is 23.5 Å². The van der Waals surface area contributed by atoms with E-state index in [0.717, 1.165) is 0 Å². The van der Waals surface area contributed by atoms with Gasteiger partial charge in [-0.3, -0.25) is 14.4 Å². The van der Waals surface area contributed by atoms with Crippen LogP contribution in [0.15, 0.2) is 11.3 Å². The van der Waals surface area contributed by atoms with Crippen molar-refractivity contribution in [2.75, 3.05) is 0 Å². The summed E-state index contributed by atoms with van der Waals surface area (Å²) in [5.74, 6) is -2.39. The quantitative estimate of drug-likeness (QED) is 0.359. The van der Waals surface area contributed by atoms with Crippen molar-refractivity contribution in [2.45, 2.75) is 46.1 Å². The standard InChI is InChI=1S/C13H18O5/c1-4-9(14)12-10(15)5-8(6-11(12)16)13(17)18-7(2)3/h7-8,14H,4-6H2,1-3H3. The largest absolute Gasteiger partial charge is 0.511 e. The summed E-state index contributed by atoms with van der Waals surface area (Å²) in [6.45, 7) is 5.07. The van der Waals surface area contributed by atoms with Gasteiger partial charge in [-0.05, 0) is 13.8 Å². The van der Waals surface area contributed by atoms with Gasteiger partial charge in [0.25, 0.3) is 0 Å². The van der Waals surface area contributed by atoms with Crippen LogP contribution in [0.4, 0.5) is 0 Å².